The minimum absolute atomic E-state index is 0.681. The Bertz CT molecular complexity index is 430. The zero-order valence-electron chi connectivity index (χ0n) is 11.2. The number of hydrogen-bond acceptors (Lipinski definition) is 0. The number of rotatable bonds is 2. The summed E-state index contributed by atoms with van der Waals surface area (Å²) >= 11 is 0. The molecule has 0 heterocycles. The highest BCUT2D eigenvalue weighted by atomic mass is 14.4. The lowest BCUT2D eigenvalue weighted by molar-refractivity contribution is 0.228. The first-order valence-corrected chi connectivity index (χ1v) is 7.61. The largest absolute Gasteiger partial charge is 0.0808 e. The molecule has 4 aliphatic carbocycles. The van der Waals surface area contributed by atoms with Crippen molar-refractivity contribution in [3.8, 4) is 0 Å². The molecule has 0 spiro atoms. The van der Waals surface area contributed by atoms with Gasteiger partial charge in [0, 0.05) is 0 Å². The van der Waals surface area contributed by atoms with Gasteiger partial charge in [-0.3, -0.25) is 0 Å². The van der Waals surface area contributed by atoms with Gasteiger partial charge in [0.05, 0.1) is 0 Å². The van der Waals surface area contributed by atoms with E-state index in [0.717, 1.165) is 23.7 Å². The molecule has 0 radical (unpaired) electrons. The van der Waals surface area contributed by atoms with Gasteiger partial charge in [0.15, 0.2) is 0 Å². The third-order valence-corrected chi connectivity index (χ3v) is 5.81. The lowest BCUT2D eigenvalue weighted by Crippen LogP contribution is -2.34. The van der Waals surface area contributed by atoms with Crippen LogP contribution in [0.25, 0.3) is 0 Å². The van der Waals surface area contributed by atoms with Crippen molar-refractivity contribution in [3.63, 3.8) is 0 Å². The van der Waals surface area contributed by atoms with Crippen LogP contribution in [0.15, 0.2) is 47.6 Å². The number of fused-ring (bicyclic) bond motifs is 2. The van der Waals surface area contributed by atoms with Crippen molar-refractivity contribution in [2.45, 2.75) is 32.6 Å². The molecule has 4 aliphatic rings. The van der Waals surface area contributed by atoms with E-state index in [0.29, 0.717) is 5.92 Å². The van der Waals surface area contributed by atoms with Crippen LogP contribution in [0.3, 0.4) is 0 Å². The van der Waals surface area contributed by atoms with E-state index in [4.69, 9.17) is 0 Å². The third-order valence-electron chi connectivity index (χ3n) is 5.81. The molecule has 0 heteroatoms. The van der Waals surface area contributed by atoms with E-state index in [1.165, 1.54) is 25.7 Å². The zero-order chi connectivity index (χ0) is 12.1. The first kappa shape index (κ1) is 10.8. The molecule has 0 N–H and O–H groups in total. The molecule has 0 amide bonds. The smallest absolute Gasteiger partial charge is 0.000920 e. The monoisotopic (exact) mass is 238 g/mol. The van der Waals surface area contributed by atoms with E-state index in [1.54, 1.807) is 11.1 Å². The summed E-state index contributed by atoms with van der Waals surface area (Å²) in [5, 5.41) is 0. The van der Waals surface area contributed by atoms with Crippen LogP contribution < -0.4 is 0 Å². The van der Waals surface area contributed by atoms with Crippen LogP contribution in [0.2, 0.25) is 0 Å². The molecule has 0 aromatic rings. The van der Waals surface area contributed by atoms with Crippen molar-refractivity contribution in [2.24, 2.45) is 29.6 Å². The second kappa shape index (κ2) is 3.98. The van der Waals surface area contributed by atoms with Crippen LogP contribution in [0.4, 0.5) is 0 Å². The summed E-state index contributed by atoms with van der Waals surface area (Å²) in [6.07, 6.45) is 20.0. The highest BCUT2D eigenvalue weighted by molar-refractivity contribution is 5.37. The van der Waals surface area contributed by atoms with Crippen LogP contribution in [0, 0.1) is 29.6 Å². The van der Waals surface area contributed by atoms with Crippen molar-refractivity contribution >= 4 is 0 Å². The summed E-state index contributed by atoms with van der Waals surface area (Å²) in [5.41, 5.74) is 3.45. The average molecular weight is 238 g/mol. The fourth-order valence-electron chi connectivity index (χ4n) is 4.33. The first-order chi connectivity index (χ1) is 8.84. The summed E-state index contributed by atoms with van der Waals surface area (Å²) in [5.74, 6) is 4.15. The quantitative estimate of drug-likeness (QED) is 0.656. The molecular formula is C18H22. The van der Waals surface area contributed by atoms with Gasteiger partial charge in [-0.05, 0) is 55.3 Å². The van der Waals surface area contributed by atoms with Gasteiger partial charge < -0.3 is 0 Å². The van der Waals surface area contributed by atoms with Crippen LogP contribution in [0.1, 0.15) is 32.6 Å². The standard InChI is InChI=1S/C18H22/c1-12(15-6-2-4-13-8-10-17(13)15)16-7-3-5-14-9-11-18(14)16/h2-7,12-14,17-18H,8-11H2,1H3. The minimum atomic E-state index is 0.681. The summed E-state index contributed by atoms with van der Waals surface area (Å²) in [6.45, 7) is 2.45. The maximum Gasteiger partial charge on any atom is -0.000920 e. The SMILES string of the molecule is CC(C1=CC=CC2CCC12)C1=CC=CC2CCC12. The van der Waals surface area contributed by atoms with E-state index in [2.05, 4.69) is 43.4 Å². The molecule has 0 aromatic carbocycles. The fourth-order valence-corrected chi connectivity index (χ4v) is 4.33. The molecule has 2 fully saturated rings. The van der Waals surface area contributed by atoms with Crippen LogP contribution >= 0.6 is 0 Å². The van der Waals surface area contributed by atoms with Gasteiger partial charge in [-0.1, -0.05) is 54.5 Å². The average Bonchev–Trinajstić information content (AvgIpc) is 2.31. The lowest BCUT2D eigenvalue weighted by atomic mass is 9.59. The molecule has 4 atom stereocenters. The lowest BCUT2D eigenvalue weighted by Gasteiger charge is -2.45. The van der Waals surface area contributed by atoms with Gasteiger partial charge in [0.1, 0.15) is 0 Å². The van der Waals surface area contributed by atoms with Gasteiger partial charge >= 0.3 is 0 Å². The van der Waals surface area contributed by atoms with Crippen molar-refractivity contribution in [1.29, 1.82) is 0 Å². The van der Waals surface area contributed by atoms with Gasteiger partial charge in [-0.15, -0.1) is 0 Å². The van der Waals surface area contributed by atoms with E-state index in [1.807, 2.05) is 0 Å². The summed E-state index contributed by atoms with van der Waals surface area (Å²) < 4.78 is 0. The Morgan fingerprint density at radius 3 is 1.72 bits per heavy atom. The molecule has 4 rings (SSSR count). The van der Waals surface area contributed by atoms with Crippen molar-refractivity contribution in [1.82, 2.24) is 0 Å². The highest BCUT2D eigenvalue weighted by Gasteiger charge is 2.40. The zero-order valence-corrected chi connectivity index (χ0v) is 11.2. The second-order valence-corrected chi connectivity index (χ2v) is 6.52. The molecule has 0 aliphatic heterocycles. The molecule has 4 unspecified atom stereocenters. The maximum atomic E-state index is 2.45. The van der Waals surface area contributed by atoms with E-state index < -0.39 is 0 Å². The highest BCUT2D eigenvalue weighted by Crippen LogP contribution is 2.51. The van der Waals surface area contributed by atoms with Crippen LogP contribution in [-0.4, -0.2) is 0 Å². The van der Waals surface area contributed by atoms with Gasteiger partial charge in [-0.25, -0.2) is 0 Å². The Balaban J connectivity index is 1.61. The molecule has 2 saturated carbocycles. The van der Waals surface area contributed by atoms with Crippen LogP contribution in [-0.2, 0) is 0 Å². The first-order valence-electron chi connectivity index (χ1n) is 7.61. The third kappa shape index (κ3) is 1.44. The molecule has 94 valence electrons. The van der Waals surface area contributed by atoms with Crippen molar-refractivity contribution < 1.29 is 0 Å². The Labute approximate surface area is 110 Å². The Morgan fingerprint density at radius 2 is 1.33 bits per heavy atom. The number of allylic oxidation sites excluding steroid dienone is 8. The van der Waals surface area contributed by atoms with Crippen molar-refractivity contribution in [2.75, 3.05) is 0 Å². The van der Waals surface area contributed by atoms with E-state index in [-0.39, 0.29) is 0 Å². The minimum Gasteiger partial charge on any atom is -0.0808 e. The number of hydrogen-bond donors (Lipinski definition) is 0. The summed E-state index contributed by atoms with van der Waals surface area (Å²) in [6, 6.07) is 0. The predicted molar refractivity (Wildman–Crippen MR) is 76.0 cm³/mol. The van der Waals surface area contributed by atoms with Gasteiger partial charge in [-0.2, -0.15) is 0 Å². The second-order valence-electron chi connectivity index (χ2n) is 6.52. The maximum absolute atomic E-state index is 2.45. The normalized spacial score (nSPS) is 41.8. The molecule has 18 heavy (non-hydrogen) atoms. The fraction of sp³-hybridized carbons (Fsp3) is 0.556. The van der Waals surface area contributed by atoms with Crippen molar-refractivity contribution in [3.05, 3.63) is 47.6 Å². The van der Waals surface area contributed by atoms with Gasteiger partial charge in [0.2, 0.25) is 0 Å². The summed E-state index contributed by atoms with van der Waals surface area (Å²) in [4.78, 5) is 0. The van der Waals surface area contributed by atoms with E-state index >= 15 is 0 Å². The molecule has 0 saturated heterocycles. The Kier molecular flexibility index (Phi) is 2.40. The van der Waals surface area contributed by atoms with Gasteiger partial charge in [0.25, 0.3) is 0 Å². The van der Waals surface area contributed by atoms with Crippen LogP contribution in [0.5, 0.6) is 0 Å². The molecule has 0 nitrogen and oxygen atoms in total. The molecular weight excluding hydrogens is 216 g/mol. The Morgan fingerprint density at radius 1 is 0.833 bits per heavy atom. The predicted octanol–water partition coefficient (Wildman–Crippen LogP) is 4.67. The molecule has 0 aromatic heterocycles. The Hall–Kier alpha value is -1.04. The molecule has 0 bridgehead atoms. The topological polar surface area (TPSA) is 0 Å². The van der Waals surface area contributed by atoms with E-state index in [9.17, 15) is 0 Å². The summed E-state index contributed by atoms with van der Waals surface area (Å²) in [7, 11) is 0.